The Hall–Kier alpha value is -3.54. The summed E-state index contributed by atoms with van der Waals surface area (Å²) in [6, 6.07) is 20.4. The van der Waals surface area contributed by atoms with Gasteiger partial charge in [0.05, 0.1) is 7.11 Å². The molecular formula is C24H26N4O2. The van der Waals surface area contributed by atoms with Crippen LogP contribution in [0.4, 0.5) is 5.69 Å². The number of hydrogen-bond donors (Lipinski definition) is 3. The molecule has 0 aromatic heterocycles. The fourth-order valence-electron chi connectivity index (χ4n) is 3.82. The predicted octanol–water partition coefficient (Wildman–Crippen LogP) is 3.64. The van der Waals surface area contributed by atoms with Crippen LogP contribution in [0.3, 0.4) is 0 Å². The summed E-state index contributed by atoms with van der Waals surface area (Å²) in [4.78, 5) is 16.3. The Bertz CT molecular complexity index is 1090. The molecule has 6 heteroatoms. The van der Waals surface area contributed by atoms with Gasteiger partial charge in [-0.25, -0.2) is 0 Å². The molecule has 154 valence electrons. The molecule has 3 aromatic rings. The number of methoxy groups -OCH3 is 1. The molecule has 30 heavy (non-hydrogen) atoms. The van der Waals surface area contributed by atoms with E-state index in [0.717, 1.165) is 28.0 Å². The Labute approximate surface area is 176 Å². The monoisotopic (exact) mass is 402 g/mol. The zero-order valence-electron chi connectivity index (χ0n) is 17.2. The molecule has 0 radical (unpaired) electrons. The van der Waals surface area contributed by atoms with Gasteiger partial charge >= 0.3 is 0 Å². The summed E-state index contributed by atoms with van der Waals surface area (Å²) in [6.45, 7) is 1.30. The molecule has 1 amide bonds. The van der Waals surface area contributed by atoms with E-state index in [0.29, 0.717) is 25.5 Å². The van der Waals surface area contributed by atoms with Crippen molar-refractivity contribution in [1.29, 1.82) is 0 Å². The van der Waals surface area contributed by atoms with Crippen LogP contribution in [0.2, 0.25) is 0 Å². The van der Waals surface area contributed by atoms with Crippen LogP contribution in [-0.4, -0.2) is 32.6 Å². The number of nitrogens with zero attached hydrogens (tertiary/aromatic N) is 1. The van der Waals surface area contributed by atoms with E-state index in [2.05, 4.69) is 51.3 Å². The van der Waals surface area contributed by atoms with Gasteiger partial charge in [-0.2, -0.15) is 0 Å². The molecule has 4 rings (SSSR count). The molecule has 1 aliphatic rings. The number of hydrogen-bond acceptors (Lipinski definition) is 3. The van der Waals surface area contributed by atoms with Crippen LogP contribution >= 0.6 is 0 Å². The molecule has 6 nitrogen and oxygen atoms in total. The van der Waals surface area contributed by atoms with Crippen molar-refractivity contribution in [3.8, 4) is 5.75 Å². The minimum Gasteiger partial charge on any atom is -0.497 e. The van der Waals surface area contributed by atoms with Crippen molar-refractivity contribution in [2.45, 2.75) is 18.9 Å². The Balaban J connectivity index is 1.38. The summed E-state index contributed by atoms with van der Waals surface area (Å²) in [5.41, 5.74) is 3.22. The number of para-hydroxylation sites is 1. The number of rotatable bonds is 5. The van der Waals surface area contributed by atoms with E-state index in [1.54, 1.807) is 14.2 Å². The van der Waals surface area contributed by atoms with Crippen LogP contribution in [0, 0.1) is 0 Å². The number of benzene rings is 3. The number of fused-ring (bicyclic) bond motifs is 2. The standard InChI is InChI=1S/C24H26N4O2/c1-25-24(27-15-19-13-23(29)28-22-6-4-3-5-21(19)22)26-14-16-7-8-18-12-20(30-2)10-9-17(18)11-16/h3-12,19H,13-15H2,1-2H3,(H,28,29)(H2,25,26,27). The molecular weight excluding hydrogens is 376 g/mol. The average Bonchev–Trinajstić information content (AvgIpc) is 2.78. The lowest BCUT2D eigenvalue weighted by atomic mass is 9.90. The third-order valence-corrected chi connectivity index (χ3v) is 5.42. The van der Waals surface area contributed by atoms with E-state index in [4.69, 9.17) is 4.74 Å². The predicted molar refractivity (Wildman–Crippen MR) is 121 cm³/mol. The van der Waals surface area contributed by atoms with Gasteiger partial charge in [-0.1, -0.05) is 36.4 Å². The molecule has 1 heterocycles. The van der Waals surface area contributed by atoms with Gasteiger partial charge in [-0.05, 0) is 46.2 Å². The second kappa shape index (κ2) is 8.86. The number of guanidine groups is 1. The van der Waals surface area contributed by atoms with Crippen LogP contribution < -0.4 is 20.7 Å². The summed E-state index contributed by atoms with van der Waals surface area (Å²) in [7, 11) is 3.43. The fraction of sp³-hybridized carbons (Fsp3) is 0.250. The maximum atomic E-state index is 12.0. The number of carbonyl (C=O) groups is 1. The molecule has 0 spiro atoms. The molecule has 0 bridgehead atoms. The van der Waals surface area contributed by atoms with Crippen molar-refractivity contribution >= 4 is 28.3 Å². The summed E-state index contributed by atoms with van der Waals surface area (Å²) in [5, 5.41) is 12.0. The van der Waals surface area contributed by atoms with Crippen LogP contribution in [0.5, 0.6) is 5.75 Å². The van der Waals surface area contributed by atoms with E-state index < -0.39 is 0 Å². The minimum atomic E-state index is 0.0521. The second-order valence-electron chi connectivity index (χ2n) is 7.39. The average molecular weight is 402 g/mol. The van der Waals surface area contributed by atoms with Crippen LogP contribution in [0.15, 0.2) is 65.7 Å². The van der Waals surface area contributed by atoms with Gasteiger partial charge in [0.1, 0.15) is 5.75 Å². The normalized spacial score (nSPS) is 16.0. The summed E-state index contributed by atoms with van der Waals surface area (Å²) in [6.07, 6.45) is 0.467. The van der Waals surface area contributed by atoms with Crippen molar-refractivity contribution < 1.29 is 9.53 Å². The highest BCUT2D eigenvalue weighted by molar-refractivity contribution is 5.94. The van der Waals surface area contributed by atoms with E-state index in [9.17, 15) is 4.79 Å². The van der Waals surface area contributed by atoms with Gasteiger partial charge in [-0.3, -0.25) is 9.79 Å². The van der Waals surface area contributed by atoms with Gasteiger partial charge in [0.15, 0.2) is 5.96 Å². The maximum Gasteiger partial charge on any atom is 0.225 e. The van der Waals surface area contributed by atoms with Gasteiger partial charge < -0.3 is 20.7 Å². The lowest BCUT2D eigenvalue weighted by molar-refractivity contribution is -0.116. The van der Waals surface area contributed by atoms with Crippen molar-refractivity contribution in [3.05, 3.63) is 71.8 Å². The maximum absolute atomic E-state index is 12.0. The zero-order chi connectivity index (χ0) is 20.9. The molecule has 0 saturated carbocycles. The van der Waals surface area contributed by atoms with E-state index in [1.165, 1.54) is 5.39 Å². The summed E-state index contributed by atoms with van der Waals surface area (Å²) >= 11 is 0. The third-order valence-electron chi connectivity index (χ3n) is 5.42. The second-order valence-corrected chi connectivity index (χ2v) is 7.39. The smallest absolute Gasteiger partial charge is 0.225 e. The van der Waals surface area contributed by atoms with Crippen LogP contribution in [0.25, 0.3) is 10.8 Å². The quantitative estimate of drug-likeness (QED) is 0.450. The van der Waals surface area contributed by atoms with Crippen LogP contribution in [0.1, 0.15) is 23.5 Å². The van der Waals surface area contributed by atoms with Gasteiger partial charge in [0.25, 0.3) is 0 Å². The van der Waals surface area contributed by atoms with Gasteiger partial charge in [0, 0.05) is 38.2 Å². The third kappa shape index (κ3) is 4.38. The SMILES string of the molecule is CN=C(NCc1ccc2cc(OC)ccc2c1)NCC1CC(=O)Nc2ccccc21. The number of ether oxygens (including phenoxy) is 1. The first kappa shape index (κ1) is 19.8. The minimum absolute atomic E-state index is 0.0521. The lowest BCUT2D eigenvalue weighted by Crippen LogP contribution is -2.40. The highest BCUT2D eigenvalue weighted by atomic mass is 16.5. The highest BCUT2D eigenvalue weighted by Gasteiger charge is 2.24. The van der Waals surface area contributed by atoms with Gasteiger partial charge in [-0.15, -0.1) is 0 Å². The van der Waals surface area contributed by atoms with Crippen molar-refractivity contribution in [2.75, 3.05) is 26.0 Å². The van der Waals surface area contributed by atoms with E-state index >= 15 is 0 Å². The Morgan fingerprint density at radius 2 is 1.90 bits per heavy atom. The lowest BCUT2D eigenvalue weighted by Gasteiger charge is -2.26. The highest BCUT2D eigenvalue weighted by Crippen LogP contribution is 2.31. The molecule has 0 aliphatic carbocycles. The first-order valence-corrected chi connectivity index (χ1v) is 10.1. The summed E-state index contributed by atoms with van der Waals surface area (Å²) < 4.78 is 5.29. The molecule has 0 saturated heterocycles. The Kier molecular flexibility index (Phi) is 5.84. The number of aliphatic imine (C=N–C) groups is 1. The Morgan fingerprint density at radius 3 is 2.73 bits per heavy atom. The van der Waals surface area contributed by atoms with Crippen LogP contribution in [-0.2, 0) is 11.3 Å². The van der Waals surface area contributed by atoms with E-state index in [1.807, 2.05) is 30.3 Å². The summed E-state index contributed by atoms with van der Waals surface area (Å²) in [5.74, 6) is 1.74. The number of nitrogens with one attached hydrogen (secondary N) is 3. The Morgan fingerprint density at radius 1 is 1.10 bits per heavy atom. The molecule has 3 aromatic carbocycles. The van der Waals surface area contributed by atoms with Crippen molar-refractivity contribution in [1.82, 2.24) is 10.6 Å². The topological polar surface area (TPSA) is 74.8 Å². The molecule has 1 aliphatic heterocycles. The zero-order valence-corrected chi connectivity index (χ0v) is 17.2. The molecule has 3 N–H and O–H groups in total. The first-order valence-electron chi connectivity index (χ1n) is 10.1. The number of amides is 1. The number of carbonyl (C=O) groups excluding carboxylic acids is 1. The van der Waals surface area contributed by atoms with E-state index in [-0.39, 0.29) is 11.8 Å². The molecule has 1 atom stereocenters. The van der Waals surface area contributed by atoms with Crippen molar-refractivity contribution in [3.63, 3.8) is 0 Å². The van der Waals surface area contributed by atoms with Gasteiger partial charge in [0.2, 0.25) is 5.91 Å². The fourth-order valence-corrected chi connectivity index (χ4v) is 3.82. The largest absolute Gasteiger partial charge is 0.497 e. The first-order chi connectivity index (χ1) is 14.7. The number of anilines is 1. The molecule has 0 fully saturated rings. The molecule has 1 unspecified atom stereocenters. The van der Waals surface area contributed by atoms with Crippen molar-refractivity contribution in [2.24, 2.45) is 4.99 Å².